The van der Waals surface area contributed by atoms with Crippen molar-refractivity contribution in [1.82, 2.24) is 5.32 Å². The van der Waals surface area contributed by atoms with Gasteiger partial charge in [0.25, 0.3) is 0 Å². The fourth-order valence-corrected chi connectivity index (χ4v) is 2.80. The first-order valence-corrected chi connectivity index (χ1v) is 7.56. The standard InChI is InChI=1S/C16H17FINO/c1-3-19-16(11-5-4-6-13(18)9-11)14-10-12(17)7-8-15(14)20-2/h4-10,16,19H,3H2,1-2H3. The molecule has 0 fully saturated rings. The Morgan fingerprint density at radius 3 is 2.70 bits per heavy atom. The molecule has 2 aromatic carbocycles. The average molecular weight is 385 g/mol. The normalized spacial score (nSPS) is 12.2. The molecule has 0 saturated heterocycles. The summed E-state index contributed by atoms with van der Waals surface area (Å²) in [6, 6.07) is 12.7. The van der Waals surface area contributed by atoms with Crippen LogP contribution in [0.4, 0.5) is 4.39 Å². The lowest BCUT2D eigenvalue weighted by Crippen LogP contribution is -2.22. The highest BCUT2D eigenvalue weighted by atomic mass is 127. The van der Waals surface area contributed by atoms with Crippen LogP contribution in [0.25, 0.3) is 0 Å². The van der Waals surface area contributed by atoms with Gasteiger partial charge in [0.1, 0.15) is 11.6 Å². The number of ether oxygens (including phenoxy) is 1. The van der Waals surface area contributed by atoms with Crippen LogP contribution in [0.5, 0.6) is 5.75 Å². The van der Waals surface area contributed by atoms with Gasteiger partial charge in [-0.3, -0.25) is 0 Å². The molecule has 20 heavy (non-hydrogen) atoms. The largest absolute Gasteiger partial charge is 0.496 e. The highest BCUT2D eigenvalue weighted by Crippen LogP contribution is 2.31. The lowest BCUT2D eigenvalue weighted by Gasteiger charge is -2.21. The van der Waals surface area contributed by atoms with Crippen LogP contribution in [0, 0.1) is 9.39 Å². The molecule has 0 aliphatic carbocycles. The van der Waals surface area contributed by atoms with Crippen LogP contribution < -0.4 is 10.1 Å². The number of halogens is 2. The maximum absolute atomic E-state index is 13.6. The van der Waals surface area contributed by atoms with Gasteiger partial charge in [0.15, 0.2) is 0 Å². The van der Waals surface area contributed by atoms with Crippen LogP contribution in [0.1, 0.15) is 24.1 Å². The van der Waals surface area contributed by atoms with Gasteiger partial charge >= 0.3 is 0 Å². The van der Waals surface area contributed by atoms with Gasteiger partial charge in [0, 0.05) is 9.13 Å². The van der Waals surface area contributed by atoms with E-state index in [-0.39, 0.29) is 11.9 Å². The molecule has 0 bridgehead atoms. The van der Waals surface area contributed by atoms with Crippen molar-refractivity contribution in [2.24, 2.45) is 0 Å². The summed E-state index contributed by atoms with van der Waals surface area (Å²) in [7, 11) is 1.61. The number of methoxy groups -OCH3 is 1. The molecule has 0 aliphatic rings. The maximum Gasteiger partial charge on any atom is 0.124 e. The summed E-state index contributed by atoms with van der Waals surface area (Å²) in [5.74, 6) is 0.436. The first kappa shape index (κ1) is 15.3. The van der Waals surface area contributed by atoms with Crippen LogP contribution in [0.3, 0.4) is 0 Å². The van der Waals surface area contributed by atoms with Crippen molar-refractivity contribution in [1.29, 1.82) is 0 Å². The molecule has 0 heterocycles. The van der Waals surface area contributed by atoms with E-state index in [0.29, 0.717) is 5.75 Å². The second-order valence-electron chi connectivity index (χ2n) is 4.43. The second kappa shape index (κ2) is 7.04. The molecule has 0 aromatic heterocycles. The third kappa shape index (κ3) is 3.49. The minimum absolute atomic E-state index is 0.0830. The predicted molar refractivity (Wildman–Crippen MR) is 87.6 cm³/mol. The smallest absolute Gasteiger partial charge is 0.124 e. The van der Waals surface area contributed by atoms with Gasteiger partial charge in [-0.15, -0.1) is 0 Å². The van der Waals surface area contributed by atoms with Gasteiger partial charge in [0.05, 0.1) is 13.2 Å². The zero-order valence-electron chi connectivity index (χ0n) is 11.5. The van der Waals surface area contributed by atoms with Crippen LogP contribution in [0.2, 0.25) is 0 Å². The maximum atomic E-state index is 13.6. The van der Waals surface area contributed by atoms with Crippen molar-refractivity contribution in [3.63, 3.8) is 0 Å². The van der Waals surface area contributed by atoms with Crippen molar-refractivity contribution >= 4 is 22.6 Å². The molecule has 0 spiro atoms. The van der Waals surface area contributed by atoms with E-state index in [1.807, 2.05) is 25.1 Å². The lowest BCUT2D eigenvalue weighted by molar-refractivity contribution is 0.402. The van der Waals surface area contributed by atoms with E-state index in [2.05, 4.69) is 34.0 Å². The van der Waals surface area contributed by atoms with Crippen LogP contribution in [-0.4, -0.2) is 13.7 Å². The van der Waals surface area contributed by atoms with Crippen molar-refractivity contribution in [2.45, 2.75) is 13.0 Å². The molecule has 106 valence electrons. The van der Waals surface area contributed by atoms with Crippen molar-refractivity contribution in [3.05, 3.63) is 63.0 Å². The first-order valence-electron chi connectivity index (χ1n) is 6.48. The molecule has 0 radical (unpaired) electrons. The molecule has 2 nitrogen and oxygen atoms in total. The molecule has 1 atom stereocenters. The highest BCUT2D eigenvalue weighted by molar-refractivity contribution is 14.1. The third-order valence-electron chi connectivity index (χ3n) is 3.09. The summed E-state index contributed by atoms with van der Waals surface area (Å²) in [4.78, 5) is 0. The van der Waals surface area contributed by atoms with E-state index in [1.54, 1.807) is 13.2 Å². The molecule has 4 heteroatoms. The Labute approximate surface area is 132 Å². The average Bonchev–Trinajstić information content (AvgIpc) is 2.44. The lowest BCUT2D eigenvalue weighted by atomic mass is 9.97. The Hall–Kier alpha value is -1.14. The SMILES string of the molecule is CCNC(c1cccc(I)c1)c1cc(F)ccc1OC. The molecule has 2 rings (SSSR count). The fourth-order valence-electron chi connectivity index (χ4n) is 2.23. The Kier molecular flexibility index (Phi) is 5.37. The van der Waals surface area contributed by atoms with E-state index in [4.69, 9.17) is 4.74 Å². The molecule has 2 aromatic rings. The Bertz CT molecular complexity index is 588. The summed E-state index contributed by atoms with van der Waals surface area (Å²) in [6.07, 6.45) is 0. The van der Waals surface area contributed by atoms with Crippen molar-refractivity contribution in [2.75, 3.05) is 13.7 Å². The second-order valence-corrected chi connectivity index (χ2v) is 5.68. The molecule has 0 saturated carbocycles. The zero-order valence-corrected chi connectivity index (χ0v) is 13.6. The third-order valence-corrected chi connectivity index (χ3v) is 3.76. The summed E-state index contributed by atoms with van der Waals surface area (Å²) >= 11 is 2.28. The van der Waals surface area contributed by atoms with Gasteiger partial charge in [-0.25, -0.2) is 4.39 Å². The molecule has 0 aliphatic heterocycles. The summed E-state index contributed by atoms with van der Waals surface area (Å²) < 4.78 is 20.1. The van der Waals surface area contributed by atoms with E-state index in [9.17, 15) is 4.39 Å². The Morgan fingerprint density at radius 1 is 1.25 bits per heavy atom. The number of benzene rings is 2. The topological polar surface area (TPSA) is 21.3 Å². The summed E-state index contributed by atoms with van der Waals surface area (Å²) in [6.45, 7) is 2.82. The monoisotopic (exact) mass is 385 g/mol. The first-order chi connectivity index (χ1) is 9.65. The number of nitrogens with one attached hydrogen (secondary N) is 1. The molecule has 1 N–H and O–H groups in total. The van der Waals surface area contributed by atoms with Gasteiger partial charge in [0.2, 0.25) is 0 Å². The van der Waals surface area contributed by atoms with Crippen LogP contribution in [0.15, 0.2) is 42.5 Å². The molecule has 1 unspecified atom stereocenters. The van der Waals surface area contributed by atoms with Crippen molar-refractivity contribution < 1.29 is 9.13 Å². The van der Waals surface area contributed by atoms with Crippen LogP contribution in [-0.2, 0) is 0 Å². The van der Waals surface area contributed by atoms with E-state index in [0.717, 1.165) is 21.2 Å². The van der Waals surface area contributed by atoms with Gasteiger partial charge in [-0.1, -0.05) is 19.1 Å². The van der Waals surface area contributed by atoms with E-state index in [1.165, 1.54) is 12.1 Å². The van der Waals surface area contributed by atoms with Gasteiger partial charge in [-0.05, 0) is 65.0 Å². The fraction of sp³-hybridized carbons (Fsp3) is 0.250. The summed E-state index contributed by atoms with van der Waals surface area (Å²) in [5.41, 5.74) is 1.92. The molecule has 0 amide bonds. The minimum atomic E-state index is -0.255. The van der Waals surface area contributed by atoms with Gasteiger partial charge in [-0.2, -0.15) is 0 Å². The van der Waals surface area contributed by atoms with Crippen molar-refractivity contribution in [3.8, 4) is 5.75 Å². The quantitative estimate of drug-likeness (QED) is 0.782. The van der Waals surface area contributed by atoms with E-state index >= 15 is 0 Å². The Morgan fingerprint density at radius 2 is 2.05 bits per heavy atom. The van der Waals surface area contributed by atoms with E-state index < -0.39 is 0 Å². The predicted octanol–water partition coefficient (Wildman–Crippen LogP) is 4.14. The van der Waals surface area contributed by atoms with Crippen LogP contribution >= 0.6 is 22.6 Å². The highest BCUT2D eigenvalue weighted by Gasteiger charge is 2.18. The summed E-state index contributed by atoms with van der Waals surface area (Å²) in [5, 5.41) is 3.39. The Balaban J connectivity index is 2.50. The minimum Gasteiger partial charge on any atom is -0.496 e. The number of hydrogen-bond donors (Lipinski definition) is 1. The zero-order chi connectivity index (χ0) is 14.5. The molecular weight excluding hydrogens is 368 g/mol. The molecular formula is C16H17FINO. The van der Waals surface area contributed by atoms with Gasteiger partial charge < -0.3 is 10.1 Å². The number of rotatable bonds is 5. The number of hydrogen-bond acceptors (Lipinski definition) is 2.